The summed E-state index contributed by atoms with van der Waals surface area (Å²) in [7, 11) is -3.58. The van der Waals surface area contributed by atoms with Crippen LogP contribution in [0.4, 0.5) is 5.95 Å². The van der Waals surface area contributed by atoms with E-state index < -0.39 is 10.0 Å². The van der Waals surface area contributed by atoms with Crippen LogP contribution >= 0.6 is 0 Å². The van der Waals surface area contributed by atoms with E-state index in [2.05, 4.69) is 24.9 Å². The normalized spacial score (nSPS) is 18.3. The molecule has 0 saturated carbocycles. The average Bonchev–Trinajstić information content (AvgIpc) is 2.74. The van der Waals surface area contributed by atoms with E-state index >= 15 is 0 Å². The van der Waals surface area contributed by atoms with E-state index in [1.54, 1.807) is 30.6 Å². The molecule has 2 aromatic rings. The van der Waals surface area contributed by atoms with Crippen molar-refractivity contribution in [1.82, 2.24) is 20.0 Å². The molecule has 1 aromatic heterocycles. The molecule has 1 aliphatic heterocycles. The lowest BCUT2D eigenvalue weighted by Gasteiger charge is -2.33. The minimum Gasteiger partial charge on any atom is -0.348 e. The van der Waals surface area contributed by atoms with Crippen LogP contribution in [0.5, 0.6) is 0 Å². The van der Waals surface area contributed by atoms with Crippen LogP contribution in [0.25, 0.3) is 0 Å². The maximum atomic E-state index is 12.6. The zero-order valence-corrected chi connectivity index (χ0v) is 17.5. The van der Waals surface area contributed by atoms with Gasteiger partial charge in [0.2, 0.25) is 16.0 Å². The van der Waals surface area contributed by atoms with E-state index in [1.807, 2.05) is 13.8 Å². The summed E-state index contributed by atoms with van der Waals surface area (Å²) in [5.41, 5.74) is 0.431. The Balaban J connectivity index is 1.62. The second-order valence-electron chi connectivity index (χ2n) is 7.26. The lowest BCUT2D eigenvalue weighted by Crippen LogP contribution is -2.48. The van der Waals surface area contributed by atoms with Gasteiger partial charge < -0.3 is 10.2 Å². The third kappa shape index (κ3) is 5.51. The van der Waals surface area contributed by atoms with Crippen molar-refractivity contribution in [2.24, 2.45) is 0 Å². The van der Waals surface area contributed by atoms with E-state index in [0.29, 0.717) is 24.5 Å². The van der Waals surface area contributed by atoms with Gasteiger partial charge in [-0.25, -0.2) is 23.1 Å². The highest BCUT2D eigenvalue weighted by molar-refractivity contribution is 7.89. The van der Waals surface area contributed by atoms with Crippen LogP contribution in [0, 0.1) is 0 Å². The molecule has 1 fully saturated rings. The maximum Gasteiger partial charge on any atom is 0.251 e. The number of carbonyl (C=O) groups excluding carboxylic acids is 1. The van der Waals surface area contributed by atoms with Gasteiger partial charge in [-0.3, -0.25) is 4.79 Å². The van der Waals surface area contributed by atoms with Crippen LogP contribution in [-0.2, 0) is 10.0 Å². The molecule has 3 rings (SSSR count). The molecule has 0 spiro atoms. The SMILES string of the molecule is CCC(C)NS(=O)(=O)c1ccc(C(=O)NC2CCCN(c3ncccn3)C2)cc1. The summed E-state index contributed by atoms with van der Waals surface area (Å²) in [5, 5.41) is 3.03. The molecule has 1 aromatic carbocycles. The summed E-state index contributed by atoms with van der Waals surface area (Å²) in [4.78, 5) is 23.4. The number of anilines is 1. The predicted molar refractivity (Wildman–Crippen MR) is 111 cm³/mol. The minimum absolute atomic E-state index is 0.0180. The van der Waals surface area contributed by atoms with Crippen LogP contribution in [0.3, 0.4) is 0 Å². The number of benzene rings is 1. The molecule has 9 heteroatoms. The van der Waals surface area contributed by atoms with E-state index in [9.17, 15) is 13.2 Å². The van der Waals surface area contributed by atoms with Crippen molar-refractivity contribution in [2.75, 3.05) is 18.0 Å². The lowest BCUT2D eigenvalue weighted by atomic mass is 10.1. The van der Waals surface area contributed by atoms with Crippen molar-refractivity contribution in [2.45, 2.75) is 50.1 Å². The zero-order chi connectivity index (χ0) is 20.9. The van der Waals surface area contributed by atoms with Crippen LogP contribution in [-0.4, -0.2) is 49.5 Å². The first-order valence-corrected chi connectivity index (χ1v) is 11.3. The number of nitrogens with one attached hydrogen (secondary N) is 2. The molecule has 1 aliphatic rings. The Morgan fingerprint density at radius 1 is 1.24 bits per heavy atom. The molecular weight excluding hydrogens is 390 g/mol. The molecule has 29 heavy (non-hydrogen) atoms. The van der Waals surface area contributed by atoms with Crippen molar-refractivity contribution >= 4 is 21.9 Å². The first kappa shape index (κ1) is 21.2. The third-order valence-electron chi connectivity index (χ3n) is 4.99. The van der Waals surface area contributed by atoms with Gasteiger partial charge in [0.15, 0.2) is 0 Å². The molecule has 8 nitrogen and oxygen atoms in total. The Bertz CT molecular complexity index is 919. The van der Waals surface area contributed by atoms with Gasteiger partial charge in [0, 0.05) is 43.1 Å². The van der Waals surface area contributed by atoms with Crippen LogP contribution in [0.2, 0.25) is 0 Å². The highest BCUT2D eigenvalue weighted by Gasteiger charge is 2.24. The van der Waals surface area contributed by atoms with Crippen molar-refractivity contribution in [3.05, 3.63) is 48.3 Å². The van der Waals surface area contributed by atoms with Crippen molar-refractivity contribution in [3.63, 3.8) is 0 Å². The molecule has 1 amide bonds. The molecular formula is C20H27N5O3S. The number of rotatable bonds is 7. The first-order valence-electron chi connectivity index (χ1n) is 9.84. The standard InChI is InChI=1S/C20H27N5O3S/c1-3-15(2)24-29(27,28)18-9-7-16(8-10-18)19(26)23-17-6-4-13-25(14-17)20-21-11-5-12-22-20/h5,7-12,15,17,24H,3-4,6,13-14H2,1-2H3,(H,23,26). The van der Waals surface area contributed by atoms with Crippen molar-refractivity contribution in [3.8, 4) is 0 Å². The van der Waals surface area contributed by atoms with Gasteiger partial charge in [0.1, 0.15) is 0 Å². The van der Waals surface area contributed by atoms with Gasteiger partial charge in [0.05, 0.1) is 4.90 Å². The minimum atomic E-state index is -3.58. The fourth-order valence-corrected chi connectivity index (χ4v) is 4.53. The summed E-state index contributed by atoms with van der Waals surface area (Å²) >= 11 is 0. The maximum absolute atomic E-state index is 12.6. The van der Waals surface area contributed by atoms with Gasteiger partial charge in [-0.05, 0) is 56.5 Å². The Morgan fingerprint density at radius 2 is 1.93 bits per heavy atom. The molecule has 2 atom stereocenters. The second kappa shape index (κ2) is 9.32. The van der Waals surface area contributed by atoms with Crippen LogP contribution in [0.1, 0.15) is 43.5 Å². The predicted octanol–water partition coefficient (Wildman–Crippen LogP) is 1.95. The zero-order valence-electron chi connectivity index (χ0n) is 16.7. The molecule has 2 N–H and O–H groups in total. The number of sulfonamides is 1. The monoisotopic (exact) mass is 417 g/mol. The Morgan fingerprint density at radius 3 is 2.59 bits per heavy atom. The van der Waals surface area contributed by atoms with Crippen molar-refractivity contribution < 1.29 is 13.2 Å². The number of hydrogen-bond donors (Lipinski definition) is 2. The number of piperidine rings is 1. The molecule has 156 valence electrons. The Labute approximate surface area is 171 Å². The fraction of sp³-hybridized carbons (Fsp3) is 0.450. The summed E-state index contributed by atoms with van der Waals surface area (Å²) < 4.78 is 27.3. The molecule has 2 unspecified atom stereocenters. The van der Waals surface area contributed by atoms with Gasteiger partial charge in [-0.2, -0.15) is 0 Å². The average molecular weight is 418 g/mol. The van der Waals surface area contributed by atoms with Gasteiger partial charge in [-0.15, -0.1) is 0 Å². The van der Waals surface area contributed by atoms with E-state index in [4.69, 9.17) is 0 Å². The van der Waals surface area contributed by atoms with E-state index in [0.717, 1.165) is 19.4 Å². The second-order valence-corrected chi connectivity index (χ2v) is 8.98. The molecule has 0 bridgehead atoms. The third-order valence-corrected chi connectivity index (χ3v) is 6.59. The van der Waals surface area contributed by atoms with Crippen LogP contribution in [0.15, 0.2) is 47.6 Å². The highest BCUT2D eigenvalue weighted by Crippen LogP contribution is 2.16. The fourth-order valence-electron chi connectivity index (χ4n) is 3.20. The molecule has 2 heterocycles. The lowest BCUT2D eigenvalue weighted by molar-refractivity contribution is 0.0933. The number of hydrogen-bond acceptors (Lipinski definition) is 6. The molecule has 0 aliphatic carbocycles. The quantitative estimate of drug-likeness (QED) is 0.714. The van der Waals surface area contributed by atoms with Gasteiger partial charge >= 0.3 is 0 Å². The number of aromatic nitrogens is 2. The van der Waals surface area contributed by atoms with Gasteiger partial charge in [0.25, 0.3) is 5.91 Å². The van der Waals surface area contributed by atoms with Gasteiger partial charge in [-0.1, -0.05) is 6.92 Å². The smallest absolute Gasteiger partial charge is 0.251 e. The Hall–Kier alpha value is -2.52. The first-order chi connectivity index (χ1) is 13.9. The highest BCUT2D eigenvalue weighted by atomic mass is 32.2. The van der Waals surface area contributed by atoms with E-state index in [-0.39, 0.29) is 22.9 Å². The molecule has 0 radical (unpaired) electrons. The topological polar surface area (TPSA) is 104 Å². The largest absolute Gasteiger partial charge is 0.348 e. The number of carbonyl (C=O) groups is 1. The number of nitrogens with zero attached hydrogens (tertiary/aromatic N) is 3. The molecule has 1 saturated heterocycles. The van der Waals surface area contributed by atoms with Crippen LogP contribution < -0.4 is 14.9 Å². The summed E-state index contributed by atoms with van der Waals surface area (Å²) in [5.74, 6) is 0.444. The van der Waals surface area contributed by atoms with E-state index in [1.165, 1.54) is 12.1 Å². The van der Waals surface area contributed by atoms with Crippen molar-refractivity contribution in [1.29, 1.82) is 0 Å². The number of amides is 1. The summed E-state index contributed by atoms with van der Waals surface area (Å²) in [6.45, 7) is 5.22. The Kier molecular flexibility index (Phi) is 6.81. The summed E-state index contributed by atoms with van der Waals surface area (Å²) in [6.07, 6.45) is 5.92. The summed E-state index contributed by atoms with van der Waals surface area (Å²) in [6, 6.07) is 7.62.